The van der Waals surface area contributed by atoms with Crippen molar-refractivity contribution in [2.24, 2.45) is 0 Å². The van der Waals surface area contributed by atoms with Gasteiger partial charge in [-0.3, -0.25) is 4.40 Å². The van der Waals surface area contributed by atoms with Gasteiger partial charge in [0.2, 0.25) is 5.65 Å². The van der Waals surface area contributed by atoms with Gasteiger partial charge >= 0.3 is 0 Å². The summed E-state index contributed by atoms with van der Waals surface area (Å²) in [6, 6.07) is 0.206. The van der Waals surface area contributed by atoms with E-state index in [4.69, 9.17) is 11.6 Å². The molecular formula is C10H14ClN5. The van der Waals surface area contributed by atoms with Crippen LogP contribution in [0.15, 0.2) is 12.4 Å². The Hall–Kier alpha value is -1.36. The van der Waals surface area contributed by atoms with E-state index < -0.39 is 0 Å². The van der Waals surface area contributed by atoms with E-state index in [-0.39, 0.29) is 6.04 Å². The predicted molar refractivity (Wildman–Crippen MR) is 64.1 cm³/mol. The van der Waals surface area contributed by atoms with Crippen molar-refractivity contribution >= 4 is 23.1 Å². The van der Waals surface area contributed by atoms with Crippen molar-refractivity contribution in [2.45, 2.75) is 19.9 Å². The summed E-state index contributed by atoms with van der Waals surface area (Å²) in [4.78, 5) is 6.34. The third-order valence-electron chi connectivity index (χ3n) is 2.70. The van der Waals surface area contributed by atoms with Crippen molar-refractivity contribution in [3.63, 3.8) is 0 Å². The van der Waals surface area contributed by atoms with Gasteiger partial charge in [-0.15, -0.1) is 21.8 Å². The number of nitrogens with zero attached hydrogens (tertiary/aromatic N) is 5. The van der Waals surface area contributed by atoms with Crippen LogP contribution in [0.1, 0.15) is 12.7 Å². The lowest BCUT2D eigenvalue weighted by molar-refractivity contribution is 0.748. The van der Waals surface area contributed by atoms with Gasteiger partial charge in [-0.25, -0.2) is 4.98 Å². The van der Waals surface area contributed by atoms with Gasteiger partial charge in [0, 0.05) is 31.4 Å². The van der Waals surface area contributed by atoms with Crippen LogP contribution >= 0.6 is 11.6 Å². The highest BCUT2D eigenvalue weighted by Gasteiger charge is 2.15. The number of halogens is 1. The lowest BCUT2D eigenvalue weighted by Gasteiger charge is -2.23. The molecule has 0 radical (unpaired) electrons. The molecule has 0 aliphatic rings. The molecule has 6 heteroatoms. The molecule has 0 aromatic carbocycles. The van der Waals surface area contributed by atoms with Crippen LogP contribution in [0.25, 0.3) is 5.65 Å². The van der Waals surface area contributed by atoms with Crippen LogP contribution in [0.2, 0.25) is 0 Å². The molecule has 0 saturated carbocycles. The number of rotatable bonds is 3. The molecular weight excluding hydrogens is 226 g/mol. The molecule has 0 saturated heterocycles. The second kappa shape index (κ2) is 4.25. The van der Waals surface area contributed by atoms with Gasteiger partial charge in [-0.1, -0.05) is 0 Å². The van der Waals surface area contributed by atoms with Crippen LogP contribution in [0, 0.1) is 6.92 Å². The minimum atomic E-state index is 0.206. The molecule has 2 rings (SSSR count). The zero-order valence-corrected chi connectivity index (χ0v) is 10.3. The van der Waals surface area contributed by atoms with Gasteiger partial charge in [-0.05, 0) is 13.8 Å². The number of hydrogen-bond donors (Lipinski definition) is 0. The van der Waals surface area contributed by atoms with Gasteiger partial charge in [0.15, 0.2) is 5.82 Å². The summed E-state index contributed by atoms with van der Waals surface area (Å²) >= 11 is 5.84. The molecule has 16 heavy (non-hydrogen) atoms. The predicted octanol–water partition coefficient (Wildman–Crippen LogP) is 1.50. The van der Waals surface area contributed by atoms with Crippen molar-refractivity contribution in [3.8, 4) is 0 Å². The normalized spacial score (nSPS) is 13.0. The van der Waals surface area contributed by atoms with E-state index in [1.165, 1.54) is 0 Å². The van der Waals surface area contributed by atoms with Crippen LogP contribution in [0.5, 0.6) is 0 Å². The highest BCUT2D eigenvalue weighted by atomic mass is 35.5. The van der Waals surface area contributed by atoms with Crippen molar-refractivity contribution in [1.29, 1.82) is 0 Å². The largest absolute Gasteiger partial charge is 0.353 e. The first-order valence-corrected chi connectivity index (χ1v) is 5.63. The molecule has 0 spiro atoms. The van der Waals surface area contributed by atoms with E-state index in [9.17, 15) is 0 Å². The van der Waals surface area contributed by atoms with Crippen LogP contribution < -0.4 is 4.90 Å². The molecule has 1 unspecified atom stereocenters. The first kappa shape index (κ1) is 11.1. The molecule has 1 atom stereocenters. The number of aromatic nitrogens is 4. The zero-order chi connectivity index (χ0) is 11.7. The maximum atomic E-state index is 5.84. The number of alkyl halides is 1. The molecule has 0 fully saturated rings. The summed E-state index contributed by atoms with van der Waals surface area (Å²) in [7, 11) is 1.96. The average molecular weight is 240 g/mol. The summed E-state index contributed by atoms with van der Waals surface area (Å²) in [5.74, 6) is 2.20. The minimum Gasteiger partial charge on any atom is -0.353 e. The van der Waals surface area contributed by atoms with Gasteiger partial charge in [0.25, 0.3) is 0 Å². The van der Waals surface area contributed by atoms with Gasteiger partial charge in [0.1, 0.15) is 5.82 Å². The van der Waals surface area contributed by atoms with E-state index in [1.807, 2.05) is 36.4 Å². The maximum absolute atomic E-state index is 5.84. The Labute approximate surface area is 99.1 Å². The fourth-order valence-electron chi connectivity index (χ4n) is 1.49. The third kappa shape index (κ3) is 1.71. The highest BCUT2D eigenvalue weighted by molar-refractivity contribution is 6.18. The molecule has 0 aliphatic heterocycles. The Morgan fingerprint density at radius 1 is 1.50 bits per heavy atom. The Morgan fingerprint density at radius 2 is 2.25 bits per heavy atom. The fraction of sp³-hybridized carbons (Fsp3) is 0.500. The number of hydrogen-bond acceptors (Lipinski definition) is 4. The Kier molecular flexibility index (Phi) is 2.96. The second-order valence-electron chi connectivity index (χ2n) is 3.81. The van der Waals surface area contributed by atoms with Crippen molar-refractivity contribution in [1.82, 2.24) is 19.6 Å². The quantitative estimate of drug-likeness (QED) is 0.762. The third-order valence-corrected chi connectivity index (χ3v) is 3.14. The molecule has 0 aliphatic carbocycles. The Bertz CT molecular complexity index is 495. The molecule has 86 valence electrons. The first-order valence-electron chi connectivity index (χ1n) is 5.10. The molecule has 0 amide bonds. The zero-order valence-electron chi connectivity index (χ0n) is 9.55. The van der Waals surface area contributed by atoms with E-state index in [2.05, 4.69) is 15.2 Å². The van der Waals surface area contributed by atoms with Crippen LogP contribution in [0.3, 0.4) is 0 Å². The van der Waals surface area contributed by atoms with Crippen LogP contribution in [0.4, 0.5) is 5.82 Å². The summed E-state index contributed by atoms with van der Waals surface area (Å²) in [5, 5.41) is 8.16. The lowest BCUT2D eigenvalue weighted by Crippen LogP contribution is -2.31. The molecule has 2 aromatic heterocycles. The van der Waals surface area contributed by atoms with E-state index in [0.29, 0.717) is 5.88 Å². The summed E-state index contributed by atoms with van der Waals surface area (Å²) in [6.45, 7) is 3.95. The van der Waals surface area contributed by atoms with Gasteiger partial charge in [-0.2, -0.15) is 0 Å². The van der Waals surface area contributed by atoms with Gasteiger partial charge in [0.05, 0.1) is 0 Å². The van der Waals surface area contributed by atoms with Crippen LogP contribution in [-0.4, -0.2) is 38.6 Å². The molecule has 0 bridgehead atoms. The summed E-state index contributed by atoms with van der Waals surface area (Å²) in [6.07, 6.45) is 3.60. The number of anilines is 1. The van der Waals surface area contributed by atoms with E-state index in [0.717, 1.165) is 17.3 Å². The molecule has 5 nitrogen and oxygen atoms in total. The smallest absolute Gasteiger partial charge is 0.203 e. The lowest BCUT2D eigenvalue weighted by atomic mass is 10.3. The van der Waals surface area contributed by atoms with Crippen molar-refractivity contribution in [3.05, 3.63) is 18.2 Å². The van der Waals surface area contributed by atoms with Gasteiger partial charge < -0.3 is 4.90 Å². The standard InChI is InChI=1S/C10H14ClN5/c1-7(6-11)15(3)9-10-14-13-8(2)16(10)5-4-12-9/h4-5,7H,6H2,1-3H3. The van der Waals surface area contributed by atoms with E-state index >= 15 is 0 Å². The van der Waals surface area contributed by atoms with E-state index in [1.54, 1.807) is 6.20 Å². The first-order chi connectivity index (χ1) is 7.65. The fourth-order valence-corrected chi connectivity index (χ4v) is 1.70. The maximum Gasteiger partial charge on any atom is 0.203 e. The number of aryl methyl sites for hydroxylation is 1. The second-order valence-corrected chi connectivity index (χ2v) is 4.11. The highest BCUT2D eigenvalue weighted by Crippen LogP contribution is 2.18. The molecule has 0 N–H and O–H groups in total. The summed E-state index contributed by atoms with van der Waals surface area (Å²) < 4.78 is 1.92. The topological polar surface area (TPSA) is 46.3 Å². The SMILES string of the molecule is Cc1nnc2c(N(C)C(C)CCl)nccn12. The molecule has 2 heterocycles. The van der Waals surface area contributed by atoms with Crippen LogP contribution in [-0.2, 0) is 0 Å². The van der Waals surface area contributed by atoms with Crippen molar-refractivity contribution < 1.29 is 0 Å². The minimum absolute atomic E-state index is 0.206. The Morgan fingerprint density at radius 3 is 2.94 bits per heavy atom. The summed E-state index contributed by atoms with van der Waals surface area (Å²) in [5.41, 5.74) is 0.763. The monoisotopic (exact) mass is 239 g/mol. The average Bonchev–Trinajstić information content (AvgIpc) is 2.69. The van der Waals surface area contributed by atoms with Crippen molar-refractivity contribution in [2.75, 3.05) is 17.8 Å². The Balaban J connectivity index is 2.52. The number of fused-ring (bicyclic) bond motifs is 1. The molecule has 2 aromatic rings.